The number of rotatable bonds is 6. The minimum absolute atomic E-state index is 0.0835. The van der Waals surface area contributed by atoms with Crippen LogP contribution in [0.3, 0.4) is 0 Å². The number of amides is 2. The van der Waals surface area contributed by atoms with Gasteiger partial charge >= 0.3 is 18.2 Å². The number of carboxylic acid groups (broad SMARTS) is 1. The number of fused-ring (bicyclic) bond motifs is 3. The molecule has 1 heterocycles. The summed E-state index contributed by atoms with van der Waals surface area (Å²) >= 11 is 0. The number of carbonyl (C=O) groups is 3. The minimum atomic E-state index is -4.72. The van der Waals surface area contributed by atoms with E-state index in [1.54, 1.807) is 0 Å². The normalized spacial score (nSPS) is 20.2. The molecule has 0 radical (unpaired) electrons. The number of hydrogen-bond acceptors (Lipinski definition) is 4. The fourth-order valence-electron chi connectivity index (χ4n) is 4.87. The van der Waals surface area contributed by atoms with Crippen molar-refractivity contribution in [2.75, 3.05) is 19.7 Å². The molecule has 186 valence electrons. The molecule has 1 aliphatic heterocycles. The number of ether oxygens (including phenoxy) is 1. The van der Waals surface area contributed by atoms with Crippen LogP contribution in [0.25, 0.3) is 11.1 Å². The van der Waals surface area contributed by atoms with E-state index >= 15 is 0 Å². The zero-order valence-electron chi connectivity index (χ0n) is 18.9. The van der Waals surface area contributed by atoms with Gasteiger partial charge < -0.3 is 20.1 Å². The van der Waals surface area contributed by atoms with Crippen LogP contribution in [0, 0.1) is 11.8 Å². The van der Waals surface area contributed by atoms with Gasteiger partial charge in [0.2, 0.25) is 5.91 Å². The standard InChI is InChI=1S/C25H25F3N2O5/c1-14(10-22(31)30-11-19(23(32)33)21(12-30)25(26,27)28)29-24(34)35-13-20-17-8-4-2-6-15(17)16-7-3-5-9-18(16)20/h2-9,14,19-21H,10-13H2,1H3,(H,29,34)(H,32,33)/t14-,19-,21-/m0/s1. The lowest BCUT2D eigenvalue weighted by atomic mass is 9.96. The topological polar surface area (TPSA) is 95.9 Å². The SMILES string of the molecule is C[C@@H](CC(=O)N1C[C@H](C(=O)O)[C@@H](C(F)(F)F)C1)NC(=O)OCC1c2ccccc2-c2ccccc21. The Kier molecular flexibility index (Phi) is 6.73. The molecular formula is C25H25F3N2O5. The molecule has 2 aliphatic rings. The summed E-state index contributed by atoms with van der Waals surface area (Å²) in [5, 5.41) is 11.6. The monoisotopic (exact) mass is 490 g/mol. The van der Waals surface area contributed by atoms with E-state index < -0.39 is 55.1 Å². The van der Waals surface area contributed by atoms with Gasteiger partial charge in [0.1, 0.15) is 6.61 Å². The van der Waals surface area contributed by atoms with Crippen molar-refractivity contribution in [2.45, 2.75) is 31.5 Å². The number of likely N-dealkylation sites (tertiary alicyclic amines) is 1. The molecule has 2 aromatic carbocycles. The Hall–Kier alpha value is -3.56. The summed E-state index contributed by atoms with van der Waals surface area (Å²) < 4.78 is 44.9. The zero-order valence-corrected chi connectivity index (χ0v) is 18.9. The molecule has 2 N–H and O–H groups in total. The average molecular weight is 490 g/mol. The number of carbonyl (C=O) groups excluding carboxylic acids is 2. The number of nitrogens with zero attached hydrogens (tertiary/aromatic N) is 1. The van der Waals surface area contributed by atoms with Gasteiger partial charge in [0.05, 0.1) is 11.8 Å². The van der Waals surface area contributed by atoms with Crippen LogP contribution < -0.4 is 5.32 Å². The second-order valence-corrected chi connectivity index (χ2v) is 8.97. The third-order valence-electron chi connectivity index (χ3n) is 6.60. The number of hydrogen-bond donors (Lipinski definition) is 2. The van der Waals surface area contributed by atoms with E-state index in [1.807, 2.05) is 48.5 Å². The van der Waals surface area contributed by atoms with Crippen LogP contribution in [0.5, 0.6) is 0 Å². The summed E-state index contributed by atoms with van der Waals surface area (Å²) in [7, 11) is 0. The van der Waals surface area contributed by atoms with E-state index in [1.165, 1.54) is 6.92 Å². The highest BCUT2D eigenvalue weighted by Crippen LogP contribution is 2.44. The second kappa shape index (κ2) is 9.59. The van der Waals surface area contributed by atoms with Crippen molar-refractivity contribution in [1.82, 2.24) is 10.2 Å². The average Bonchev–Trinajstić information content (AvgIpc) is 3.38. The first-order chi connectivity index (χ1) is 16.6. The van der Waals surface area contributed by atoms with Crippen LogP contribution in [-0.2, 0) is 14.3 Å². The van der Waals surface area contributed by atoms with Gasteiger partial charge in [0.15, 0.2) is 0 Å². The maximum absolute atomic E-state index is 13.2. The van der Waals surface area contributed by atoms with Crippen LogP contribution >= 0.6 is 0 Å². The predicted molar refractivity (Wildman–Crippen MR) is 120 cm³/mol. The first-order valence-corrected chi connectivity index (χ1v) is 11.2. The molecule has 0 spiro atoms. The summed E-state index contributed by atoms with van der Waals surface area (Å²) in [4.78, 5) is 37.0. The van der Waals surface area contributed by atoms with Crippen LogP contribution in [0.2, 0.25) is 0 Å². The maximum Gasteiger partial charge on any atom is 0.407 e. The van der Waals surface area contributed by atoms with Crippen LogP contribution in [-0.4, -0.2) is 59.9 Å². The summed E-state index contributed by atoms with van der Waals surface area (Å²) in [5.41, 5.74) is 4.26. The van der Waals surface area contributed by atoms with Gasteiger partial charge in [-0.05, 0) is 29.2 Å². The highest BCUT2D eigenvalue weighted by Gasteiger charge is 2.53. The molecule has 7 nitrogen and oxygen atoms in total. The molecule has 10 heteroatoms. The molecule has 0 aromatic heterocycles. The molecule has 2 amide bonds. The largest absolute Gasteiger partial charge is 0.481 e. The van der Waals surface area contributed by atoms with Crippen molar-refractivity contribution in [1.29, 1.82) is 0 Å². The van der Waals surface area contributed by atoms with E-state index in [9.17, 15) is 27.6 Å². The lowest BCUT2D eigenvalue weighted by molar-refractivity contribution is -0.188. The van der Waals surface area contributed by atoms with Crippen LogP contribution in [0.1, 0.15) is 30.4 Å². The molecule has 1 saturated heterocycles. The second-order valence-electron chi connectivity index (χ2n) is 8.97. The van der Waals surface area contributed by atoms with E-state index in [2.05, 4.69) is 5.32 Å². The number of alkyl carbamates (subject to hydrolysis) is 1. The molecule has 3 atom stereocenters. The van der Waals surface area contributed by atoms with E-state index in [0.29, 0.717) is 0 Å². The first-order valence-electron chi connectivity index (χ1n) is 11.2. The number of alkyl halides is 3. The Labute approximate surface area is 199 Å². The van der Waals surface area contributed by atoms with Crippen molar-refractivity contribution < 1.29 is 37.4 Å². The lowest BCUT2D eigenvalue weighted by Crippen LogP contribution is -2.39. The maximum atomic E-state index is 13.2. The highest BCUT2D eigenvalue weighted by atomic mass is 19.4. The summed E-state index contributed by atoms with van der Waals surface area (Å²) in [6.07, 6.45) is -5.74. The Bertz CT molecular complexity index is 1090. The van der Waals surface area contributed by atoms with E-state index in [4.69, 9.17) is 9.84 Å². The molecule has 35 heavy (non-hydrogen) atoms. The third-order valence-corrected chi connectivity index (χ3v) is 6.60. The number of carboxylic acids is 1. The summed E-state index contributed by atoms with van der Waals surface area (Å²) in [6.45, 7) is 0.387. The van der Waals surface area contributed by atoms with Crippen molar-refractivity contribution in [2.24, 2.45) is 11.8 Å². The van der Waals surface area contributed by atoms with Crippen LogP contribution in [0.15, 0.2) is 48.5 Å². The van der Waals surface area contributed by atoms with Crippen LogP contribution in [0.4, 0.5) is 18.0 Å². The fraction of sp³-hybridized carbons (Fsp3) is 0.400. The van der Waals surface area contributed by atoms with E-state index in [0.717, 1.165) is 27.2 Å². The molecule has 1 aliphatic carbocycles. The van der Waals surface area contributed by atoms with Gasteiger partial charge in [-0.3, -0.25) is 9.59 Å². The molecule has 0 unspecified atom stereocenters. The van der Waals surface area contributed by atoms with Crippen molar-refractivity contribution in [3.8, 4) is 11.1 Å². The number of benzene rings is 2. The quantitative estimate of drug-likeness (QED) is 0.638. The Morgan fingerprint density at radius 2 is 1.63 bits per heavy atom. The summed E-state index contributed by atoms with van der Waals surface area (Å²) in [6, 6.07) is 15.0. The van der Waals surface area contributed by atoms with Gasteiger partial charge in [0, 0.05) is 31.5 Å². The van der Waals surface area contributed by atoms with Crippen molar-refractivity contribution in [3.05, 3.63) is 59.7 Å². The van der Waals surface area contributed by atoms with Gasteiger partial charge in [-0.1, -0.05) is 48.5 Å². The molecule has 0 saturated carbocycles. The number of nitrogens with one attached hydrogen (secondary N) is 1. The molecular weight excluding hydrogens is 465 g/mol. The highest BCUT2D eigenvalue weighted by molar-refractivity contribution is 5.81. The fourth-order valence-corrected chi connectivity index (χ4v) is 4.87. The molecule has 4 rings (SSSR count). The molecule has 2 aromatic rings. The predicted octanol–water partition coefficient (Wildman–Crippen LogP) is 4.03. The first kappa shape index (κ1) is 24.6. The van der Waals surface area contributed by atoms with Gasteiger partial charge in [-0.2, -0.15) is 13.2 Å². The Balaban J connectivity index is 1.31. The third kappa shape index (κ3) is 5.11. The minimum Gasteiger partial charge on any atom is -0.481 e. The van der Waals surface area contributed by atoms with E-state index in [-0.39, 0.29) is 18.9 Å². The van der Waals surface area contributed by atoms with Gasteiger partial charge in [-0.25, -0.2) is 4.79 Å². The van der Waals surface area contributed by atoms with Gasteiger partial charge in [-0.15, -0.1) is 0 Å². The van der Waals surface area contributed by atoms with Gasteiger partial charge in [0.25, 0.3) is 0 Å². The zero-order chi connectivity index (χ0) is 25.3. The Morgan fingerprint density at radius 3 is 2.14 bits per heavy atom. The summed E-state index contributed by atoms with van der Waals surface area (Å²) in [5.74, 6) is -6.21. The lowest BCUT2D eigenvalue weighted by Gasteiger charge is -2.21. The van der Waals surface area contributed by atoms with Crippen molar-refractivity contribution >= 4 is 18.0 Å². The number of aliphatic carboxylic acids is 1. The molecule has 1 fully saturated rings. The Morgan fingerprint density at radius 1 is 1.06 bits per heavy atom. The smallest absolute Gasteiger partial charge is 0.407 e. The van der Waals surface area contributed by atoms with Crippen molar-refractivity contribution in [3.63, 3.8) is 0 Å². The molecule has 0 bridgehead atoms. The number of halogens is 3.